The third-order valence-electron chi connectivity index (χ3n) is 4.08. The Bertz CT molecular complexity index is 666. The van der Waals surface area contributed by atoms with Gasteiger partial charge in [-0.3, -0.25) is 9.89 Å². The number of piperidine rings is 1. The lowest BCUT2D eigenvalue weighted by Gasteiger charge is -2.32. The van der Waals surface area contributed by atoms with Crippen LogP contribution in [0, 0.1) is 6.92 Å². The first kappa shape index (κ1) is 14.7. The summed E-state index contributed by atoms with van der Waals surface area (Å²) in [4.78, 5) is 18.9. The number of benzene rings is 1. The van der Waals surface area contributed by atoms with E-state index in [1.807, 2.05) is 43.1 Å². The van der Waals surface area contributed by atoms with Crippen molar-refractivity contribution in [3.8, 4) is 11.4 Å². The van der Waals surface area contributed by atoms with E-state index in [1.165, 1.54) is 0 Å². The summed E-state index contributed by atoms with van der Waals surface area (Å²) in [7, 11) is 1.95. The summed E-state index contributed by atoms with van der Waals surface area (Å²) in [5.74, 6) is 1.47. The number of nitrogens with zero attached hydrogens (tertiary/aromatic N) is 3. The molecule has 1 amide bonds. The van der Waals surface area contributed by atoms with Crippen molar-refractivity contribution in [2.45, 2.75) is 25.8 Å². The molecular weight excluding hydrogens is 278 g/mol. The van der Waals surface area contributed by atoms with E-state index in [9.17, 15) is 4.79 Å². The van der Waals surface area contributed by atoms with Crippen molar-refractivity contribution in [2.24, 2.45) is 0 Å². The minimum atomic E-state index is 0.0778. The zero-order chi connectivity index (χ0) is 15.5. The minimum absolute atomic E-state index is 0.0778. The van der Waals surface area contributed by atoms with Crippen molar-refractivity contribution in [1.29, 1.82) is 0 Å². The predicted octanol–water partition coefficient (Wildman–Crippen LogP) is 1.60. The molecule has 0 unspecified atom stereocenters. The number of aromatic amines is 1. The molecule has 0 spiro atoms. The maximum absolute atomic E-state index is 12.7. The van der Waals surface area contributed by atoms with Gasteiger partial charge in [-0.05, 0) is 38.9 Å². The molecule has 1 aliphatic heterocycles. The smallest absolute Gasteiger partial charge is 0.253 e. The van der Waals surface area contributed by atoms with Crippen LogP contribution in [0.25, 0.3) is 11.4 Å². The number of amides is 1. The highest BCUT2D eigenvalue weighted by atomic mass is 16.2. The average Bonchev–Trinajstić information content (AvgIpc) is 3.01. The molecule has 0 aliphatic carbocycles. The Balaban J connectivity index is 1.81. The van der Waals surface area contributed by atoms with Crippen LogP contribution in [0.4, 0.5) is 0 Å². The van der Waals surface area contributed by atoms with E-state index >= 15 is 0 Å². The summed E-state index contributed by atoms with van der Waals surface area (Å²) in [5.41, 5.74) is 1.55. The number of hydrogen-bond donors (Lipinski definition) is 2. The molecule has 116 valence electrons. The lowest BCUT2D eigenvalue weighted by molar-refractivity contribution is 0.0698. The molecule has 1 aliphatic rings. The van der Waals surface area contributed by atoms with Crippen molar-refractivity contribution < 1.29 is 4.79 Å². The number of likely N-dealkylation sites (tertiary alicyclic amines) is 1. The van der Waals surface area contributed by atoms with E-state index in [0.29, 0.717) is 17.4 Å². The number of carbonyl (C=O) groups excluding carboxylic acids is 1. The van der Waals surface area contributed by atoms with Crippen LogP contribution in [0.1, 0.15) is 29.0 Å². The quantitative estimate of drug-likeness (QED) is 0.903. The van der Waals surface area contributed by atoms with Crippen LogP contribution in [0.15, 0.2) is 24.3 Å². The summed E-state index contributed by atoms with van der Waals surface area (Å²) >= 11 is 0. The summed E-state index contributed by atoms with van der Waals surface area (Å²) in [6.07, 6.45) is 2.16. The zero-order valence-electron chi connectivity index (χ0n) is 13.0. The van der Waals surface area contributed by atoms with E-state index in [1.54, 1.807) is 0 Å². The fourth-order valence-corrected chi connectivity index (χ4v) is 2.84. The molecule has 1 aromatic carbocycles. The number of hydrogen-bond acceptors (Lipinski definition) is 4. The van der Waals surface area contributed by atoms with Gasteiger partial charge in [0.2, 0.25) is 0 Å². The van der Waals surface area contributed by atoms with E-state index in [0.717, 1.165) is 37.3 Å². The Morgan fingerprint density at radius 2 is 2.32 bits per heavy atom. The summed E-state index contributed by atoms with van der Waals surface area (Å²) < 4.78 is 0. The number of aromatic nitrogens is 3. The average molecular weight is 299 g/mol. The number of carbonyl (C=O) groups is 1. The summed E-state index contributed by atoms with van der Waals surface area (Å²) in [5, 5.41) is 10.2. The second-order valence-electron chi connectivity index (χ2n) is 5.70. The van der Waals surface area contributed by atoms with Crippen LogP contribution in [0.5, 0.6) is 0 Å². The standard InChI is InChI=1S/C16H21N5O/c1-11-18-15(20-19-11)12-5-3-6-13(9-12)16(22)21-8-4-7-14(10-21)17-2/h3,5-6,9,14,17H,4,7-8,10H2,1-2H3,(H,18,19,20)/t14-/m1/s1. The van der Waals surface area contributed by atoms with Crippen molar-refractivity contribution >= 4 is 5.91 Å². The van der Waals surface area contributed by atoms with Gasteiger partial charge < -0.3 is 10.2 Å². The summed E-state index contributed by atoms with van der Waals surface area (Å²) in [6, 6.07) is 7.92. The molecule has 1 fully saturated rings. The normalized spacial score (nSPS) is 18.5. The largest absolute Gasteiger partial charge is 0.337 e. The maximum atomic E-state index is 12.7. The van der Waals surface area contributed by atoms with Gasteiger partial charge in [0, 0.05) is 30.3 Å². The van der Waals surface area contributed by atoms with Gasteiger partial charge in [-0.15, -0.1) is 0 Å². The highest BCUT2D eigenvalue weighted by Crippen LogP contribution is 2.19. The van der Waals surface area contributed by atoms with E-state index in [2.05, 4.69) is 20.5 Å². The first-order valence-electron chi connectivity index (χ1n) is 7.63. The molecule has 1 atom stereocenters. The van der Waals surface area contributed by atoms with Crippen molar-refractivity contribution in [1.82, 2.24) is 25.4 Å². The van der Waals surface area contributed by atoms with E-state index in [-0.39, 0.29) is 5.91 Å². The Kier molecular flexibility index (Phi) is 4.20. The fourth-order valence-electron chi connectivity index (χ4n) is 2.84. The number of rotatable bonds is 3. The molecule has 2 heterocycles. The number of likely N-dealkylation sites (N-methyl/N-ethyl adjacent to an activating group) is 1. The van der Waals surface area contributed by atoms with Gasteiger partial charge in [0.25, 0.3) is 5.91 Å². The zero-order valence-corrected chi connectivity index (χ0v) is 13.0. The molecule has 2 aromatic rings. The third-order valence-corrected chi connectivity index (χ3v) is 4.08. The molecule has 0 radical (unpaired) electrons. The SMILES string of the molecule is CN[C@@H]1CCCN(C(=O)c2cccc(-c3n[nH]c(C)n3)c2)C1. The molecular formula is C16H21N5O. The van der Waals surface area contributed by atoms with Crippen LogP contribution in [0.3, 0.4) is 0 Å². The first-order valence-corrected chi connectivity index (χ1v) is 7.63. The highest BCUT2D eigenvalue weighted by molar-refractivity contribution is 5.95. The van der Waals surface area contributed by atoms with Gasteiger partial charge in [0.15, 0.2) is 5.82 Å². The maximum Gasteiger partial charge on any atom is 0.253 e. The second-order valence-corrected chi connectivity index (χ2v) is 5.70. The Labute approximate surface area is 129 Å². The van der Waals surface area contributed by atoms with Crippen molar-refractivity contribution in [3.05, 3.63) is 35.7 Å². The Hall–Kier alpha value is -2.21. The van der Waals surface area contributed by atoms with Crippen molar-refractivity contribution in [3.63, 3.8) is 0 Å². The van der Waals surface area contributed by atoms with Gasteiger partial charge in [-0.1, -0.05) is 12.1 Å². The molecule has 2 N–H and O–H groups in total. The monoisotopic (exact) mass is 299 g/mol. The van der Waals surface area contributed by atoms with Crippen LogP contribution in [-0.2, 0) is 0 Å². The minimum Gasteiger partial charge on any atom is -0.337 e. The van der Waals surface area contributed by atoms with Gasteiger partial charge in [-0.25, -0.2) is 4.98 Å². The van der Waals surface area contributed by atoms with Crippen LogP contribution in [0.2, 0.25) is 0 Å². The molecule has 1 aromatic heterocycles. The fraction of sp³-hybridized carbons (Fsp3) is 0.438. The van der Waals surface area contributed by atoms with E-state index < -0.39 is 0 Å². The molecule has 22 heavy (non-hydrogen) atoms. The second kappa shape index (κ2) is 6.27. The molecule has 3 rings (SSSR count). The molecule has 0 bridgehead atoms. The molecule has 6 heteroatoms. The highest BCUT2D eigenvalue weighted by Gasteiger charge is 2.23. The van der Waals surface area contributed by atoms with Gasteiger partial charge in [0.05, 0.1) is 0 Å². The number of nitrogens with one attached hydrogen (secondary N) is 2. The predicted molar refractivity (Wildman–Crippen MR) is 84.5 cm³/mol. The number of aryl methyl sites for hydroxylation is 1. The van der Waals surface area contributed by atoms with E-state index in [4.69, 9.17) is 0 Å². The molecule has 1 saturated heterocycles. The van der Waals surface area contributed by atoms with Crippen LogP contribution < -0.4 is 5.32 Å². The third kappa shape index (κ3) is 3.01. The van der Waals surface area contributed by atoms with Crippen LogP contribution in [-0.4, -0.2) is 52.2 Å². The van der Waals surface area contributed by atoms with Gasteiger partial charge in [0.1, 0.15) is 5.82 Å². The Morgan fingerprint density at radius 3 is 3.05 bits per heavy atom. The van der Waals surface area contributed by atoms with Crippen LogP contribution >= 0.6 is 0 Å². The number of H-pyrrole nitrogens is 1. The topological polar surface area (TPSA) is 73.9 Å². The van der Waals surface area contributed by atoms with Crippen molar-refractivity contribution in [2.75, 3.05) is 20.1 Å². The summed E-state index contributed by atoms with van der Waals surface area (Å²) in [6.45, 7) is 3.44. The lowest BCUT2D eigenvalue weighted by Crippen LogP contribution is -2.46. The Morgan fingerprint density at radius 1 is 1.45 bits per heavy atom. The first-order chi connectivity index (χ1) is 10.7. The molecule has 0 saturated carbocycles. The lowest BCUT2D eigenvalue weighted by atomic mass is 10.0. The molecule has 6 nitrogen and oxygen atoms in total. The van der Waals surface area contributed by atoms with Gasteiger partial charge in [-0.2, -0.15) is 5.10 Å². The van der Waals surface area contributed by atoms with Gasteiger partial charge >= 0.3 is 0 Å².